The highest BCUT2D eigenvalue weighted by Gasteiger charge is 2.14. The average Bonchev–Trinajstić information content (AvgIpc) is 2.65. The minimum absolute atomic E-state index is 0.170. The maximum Gasteiger partial charge on any atom is 0.0898 e. The fraction of sp³-hybridized carbons (Fsp3) is 0.727. The van der Waals surface area contributed by atoms with E-state index in [1.54, 1.807) is 18.4 Å². The monoisotopic (exact) mass is 244 g/mol. The van der Waals surface area contributed by atoms with E-state index in [9.17, 15) is 0 Å². The molecule has 16 heavy (non-hydrogen) atoms. The third kappa shape index (κ3) is 4.17. The van der Waals surface area contributed by atoms with E-state index in [0.717, 1.165) is 10.7 Å². The van der Waals surface area contributed by atoms with Gasteiger partial charge in [-0.1, -0.05) is 0 Å². The topological polar surface area (TPSA) is 54.4 Å². The largest absolute Gasteiger partial charge is 0.396 e. The molecule has 1 aromatic heterocycles. The number of nitrogens with zero attached hydrogens (tertiary/aromatic N) is 1. The molecule has 0 aliphatic rings. The van der Waals surface area contributed by atoms with Crippen molar-refractivity contribution < 1.29 is 9.84 Å². The van der Waals surface area contributed by atoms with Crippen molar-refractivity contribution in [2.45, 2.75) is 32.4 Å². The first-order valence-corrected chi connectivity index (χ1v) is 6.33. The van der Waals surface area contributed by atoms with Gasteiger partial charge in [-0.15, -0.1) is 11.3 Å². The van der Waals surface area contributed by atoms with E-state index < -0.39 is 0 Å². The van der Waals surface area contributed by atoms with Gasteiger partial charge in [0.2, 0.25) is 0 Å². The Kier molecular flexibility index (Phi) is 5.90. The molecule has 92 valence electrons. The van der Waals surface area contributed by atoms with E-state index in [0.29, 0.717) is 13.0 Å². The molecule has 0 aliphatic heterocycles. The van der Waals surface area contributed by atoms with Crippen molar-refractivity contribution >= 4 is 11.3 Å². The summed E-state index contributed by atoms with van der Waals surface area (Å²) in [7, 11) is 1.67. The van der Waals surface area contributed by atoms with Gasteiger partial charge in [0.15, 0.2) is 0 Å². The summed E-state index contributed by atoms with van der Waals surface area (Å²) in [5.74, 6) is 0. The molecule has 0 radical (unpaired) electrons. The van der Waals surface area contributed by atoms with Crippen LogP contribution in [0.1, 0.15) is 30.1 Å². The van der Waals surface area contributed by atoms with Crippen LogP contribution in [0.5, 0.6) is 0 Å². The average molecular weight is 244 g/mol. The van der Waals surface area contributed by atoms with E-state index >= 15 is 0 Å². The van der Waals surface area contributed by atoms with Crippen LogP contribution in [0.3, 0.4) is 0 Å². The van der Waals surface area contributed by atoms with Gasteiger partial charge in [-0.3, -0.25) is 0 Å². The zero-order valence-electron chi connectivity index (χ0n) is 10.1. The van der Waals surface area contributed by atoms with Crippen LogP contribution in [0.15, 0.2) is 5.38 Å². The van der Waals surface area contributed by atoms with E-state index in [2.05, 4.69) is 22.6 Å². The van der Waals surface area contributed by atoms with Crippen molar-refractivity contribution in [3.63, 3.8) is 0 Å². The molecule has 0 aliphatic carbocycles. The predicted octanol–water partition coefficient (Wildman–Crippen LogP) is 1.50. The van der Waals surface area contributed by atoms with Gasteiger partial charge < -0.3 is 15.2 Å². The number of aryl methyl sites for hydroxylation is 1. The van der Waals surface area contributed by atoms with Gasteiger partial charge in [0.25, 0.3) is 0 Å². The smallest absolute Gasteiger partial charge is 0.0898 e. The molecular weight excluding hydrogens is 224 g/mol. The van der Waals surface area contributed by atoms with E-state index in [1.165, 1.54) is 0 Å². The van der Waals surface area contributed by atoms with Crippen LogP contribution < -0.4 is 5.32 Å². The molecular formula is C11H20N2O2S. The molecule has 0 fully saturated rings. The third-order valence-corrected chi connectivity index (χ3v) is 3.20. The second kappa shape index (κ2) is 6.96. The van der Waals surface area contributed by atoms with Crippen LogP contribution >= 0.6 is 11.3 Å². The molecule has 0 saturated heterocycles. The van der Waals surface area contributed by atoms with Crippen molar-refractivity contribution in [1.29, 1.82) is 0 Å². The van der Waals surface area contributed by atoms with Crippen molar-refractivity contribution in [3.05, 3.63) is 16.1 Å². The second-order valence-electron chi connectivity index (χ2n) is 3.84. The van der Waals surface area contributed by atoms with Crippen LogP contribution in [0.2, 0.25) is 0 Å². The number of methoxy groups -OCH3 is 1. The van der Waals surface area contributed by atoms with Gasteiger partial charge in [0.1, 0.15) is 0 Å². The number of thiazole rings is 1. The van der Waals surface area contributed by atoms with Gasteiger partial charge in [0.05, 0.1) is 17.3 Å². The molecule has 4 nitrogen and oxygen atoms in total. The molecule has 0 saturated carbocycles. The number of nitrogens with one attached hydrogen (secondary N) is 1. The van der Waals surface area contributed by atoms with Crippen LogP contribution in [0, 0.1) is 6.92 Å². The fourth-order valence-corrected chi connectivity index (χ4v) is 2.30. The van der Waals surface area contributed by atoms with Gasteiger partial charge in [-0.05, 0) is 20.3 Å². The maximum atomic E-state index is 8.94. The van der Waals surface area contributed by atoms with Crippen LogP contribution in [-0.4, -0.2) is 36.5 Å². The SMILES string of the molecule is COCC(CCO)NC(C)c1csc(C)n1. The second-order valence-corrected chi connectivity index (χ2v) is 4.91. The molecule has 1 rings (SSSR count). The van der Waals surface area contributed by atoms with Crippen molar-refractivity contribution in [2.24, 2.45) is 0 Å². The zero-order valence-corrected chi connectivity index (χ0v) is 10.9. The van der Waals surface area contributed by atoms with E-state index in [-0.39, 0.29) is 18.7 Å². The molecule has 0 aromatic carbocycles. The molecule has 0 bridgehead atoms. The lowest BCUT2D eigenvalue weighted by Gasteiger charge is -2.21. The molecule has 1 aromatic rings. The van der Waals surface area contributed by atoms with Crippen LogP contribution in [0.4, 0.5) is 0 Å². The van der Waals surface area contributed by atoms with Gasteiger partial charge >= 0.3 is 0 Å². The van der Waals surface area contributed by atoms with Gasteiger partial charge in [0, 0.05) is 31.2 Å². The Bertz CT molecular complexity index is 298. The Hall–Kier alpha value is -0.490. The Labute approximate surface area is 101 Å². The Morgan fingerprint density at radius 3 is 2.88 bits per heavy atom. The first-order chi connectivity index (χ1) is 7.67. The summed E-state index contributed by atoms with van der Waals surface area (Å²) in [5.41, 5.74) is 1.06. The lowest BCUT2D eigenvalue weighted by molar-refractivity contribution is 0.143. The highest BCUT2D eigenvalue weighted by Crippen LogP contribution is 2.16. The molecule has 2 unspecified atom stereocenters. The molecule has 5 heteroatoms. The number of rotatable bonds is 7. The summed E-state index contributed by atoms with van der Waals surface area (Å²) in [6.45, 7) is 4.85. The van der Waals surface area contributed by atoms with Crippen LogP contribution in [-0.2, 0) is 4.74 Å². The summed E-state index contributed by atoms with van der Waals surface area (Å²) in [6.07, 6.45) is 0.696. The summed E-state index contributed by atoms with van der Waals surface area (Å²) in [4.78, 5) is 4.44. The first kappa shape index (κ1) is 13.6. The lowest BCUT2D eigenvalue weighted by atomic mass is 10.1. The summed E-state index contributed by atoms with van der Waals surface area (Å²) in [6, 6.07) is 0.364. The Morgan fingerprint density at radius 2 is 2.38 bits per heavy atom. The molecule has 0 amide bonds. The molecule has 2 N–H and O–H groups in total. The Balaban J connectivity index is 2.50. The Morgan fingerprint density at radius 1 is 1.62 bits per heavy atom. The predicted molar refractivity (Wildman–Crippen MR) is 65.8 cm³/mol. The molecule has 1 heterocycles. The van der Waals surface area contributed by atoms with Crippen LogP contribution in [0.25, 0.3) is 0 Å². The fourth-order valence-electron chi connectivity index (χ4n) is 1.59. The number of hydrogen-bond acceptors (Lipinski definition) is 5. The molecule has 0 spiro atoms. The third-order valence-electron chi connectivity index (χ3n) is 2.41. The number of aromatic nitrogens is 1. The summed E-state index contributed by atoms with van der Waals surface area (Å²) >= 11 is 1.65. The summed E-state index contributed by atoms with van der Waals surface area (Å²) < 4.78 is 5.11. The number of aliphatic hydroxyl groups is 1. The van der Waals surface area contributed by atoms with Crippen molar-refractivity contribution in [3.8, 4) is 0 Å². The number of aliphatic hydroxyl groups excluding tert-OH is 1. The maximum absolute atomic E-state index is 8.94. The summed E-state index contributed by atoms with van der Waals surface area (Å²) in [5, 5.41) is 15.5. The normalized spacial score (nSPS) is 15.0. The quantitative estimate of drug-likeness (QED) is 0.763. The van der Waals surface area contributed by atoms with Gasteiger partial charge in [-0.25, -0.2) is 4.98 Å². The van der Waals surface area contributed by atoms with Gasteiger partial charge in [-0.2, -0.15) is 0 Å². The minimum Gasteiger partial charge on any atom is -0.396 e. The van der Waals surface area contributed by atoms with E-state index in [1.807, 2.05) is 6.92 Å². The lowest BCUT2D eigenvalue weighted by Crippen LogP contribution is -2.36. The minimum atomic E-state index is 0.170. The number of ether oxygens (including phenoxy) is 1. The highest BCUT2D eigenvalue weighted by molar-refractivity contribution is 7.09. The zero-order chi connectivity index (χ0) is 12.0. The number of hydrogen-bond donors (Lipinski definition) is 2. The molecule has 2 atom stereocenters. The standard InChI is InChI=1S/C11H20N2O2S/c1-8(11-7-16-9(2)13-11)12-10(4-5-14)6-15-3/h7-8,10,12,14H,4-6H2,1-3H3. The highest BCUT2D eigenvalue weighted by atomic mass is 32.1. The van der Waals surface area contributed by atoms with E-state index in [4.69, 9.17) is 9.84 Å². The van der Waals surface area contributed by atoms with Crippen molar-refractivity contribution in [2.75, 3.05) is 20.3 Å². The van der Waals surface area contributed by atoms with Crippen molar-refractivity contribution in [1.82, 2.24) is 10.3 Å². The first-order valence-electron chi connectivity index (χ1n) is 5.45.